The van der Waals surface area contributed by atoms with Crippen molar-refractivity contribution in [1.29, 1.82) is 0 Å². The van der Waals surface area contributed by atoms with Gasteiger partial charge in [-0.3, -0.25) is 4.79 Å². The Morgan fingerprint density at radius 2 is 2.26 bits per heavy atom. The molecule has 0 saturated carbocycles. The van der Waals surface area contributed by atoms with Crippen molar-refractivity contribution in [3.05, 3.63) is 49.9 Å². The number of nitrogens with zero attached hydrogens (tertiary/aromatic N) is 1. The molecule has 1 amide bonds. The normalized spacial score (nSPS) is 10.5. The van der Waals surface area contributed by atoms with E-state index in [9.17, 15) is 4.79 Å². The average Bonchev–Trinajstić information content (AvgIpc) is 2.87. The predicted octanol–water partition coefficient (Wildman–Crippen LogP) is 3.71. The number of thiazole rings is 1. The highest BCUT2D eigenvalue weighted by Gasteiger charge is 2.10. The molecule has 0 saturated heterocycles. The summed E-state index contributed by atoms with van der Waals surface area (Å²) in [5.41, 5.74) is 1.66. The van der Waals surface area contributed by atoms with Crippen LogP contribution in [0, 0.1) is 6.92 Å². The molecule has 1 N–H and O–H groups in total. The molecule has 19 heavy (non-hydrogen) atoms. The van der Waals surface area contributed by atoms with Crippen LogP contribution in [0.25, 0.3) is 0 Å². The largest absolute Gasteiger partial charge is 0.346 e. The smallest absolute Gasteiger partial charge is 0.251 e. The molecular formula is C14H15BrN2OS. The summed E-state index contributed by atoms with van der Waals surface area (Å²) in [6.45, 7) is 4.51. The van der Waals surface area contributed by atoms with Crippen LogP contribution in [0.2, 0.25) is 0 Å². The molecule has 0 fully saturated rings. The highest BCUT2D eigenvalue weighted by molar-refractivity contribution is 9.10. The number of hydrogen-bond acceptors (Lipinski definition) is 3. The number of carbonyl (C=O) groups is 1. The average molecular weight is 339 g/mol. The summed E-state index contributed by atoms with van der Waals surface area (Å²) >= 11 is 5.03. The number of amides is 1. The van der Waals surface area contributed by atoms with Crippen molar-refractivity contribution >= 4 is 33.2 Å². The summed E-state index contributed by atoms with van der Waals surface area (Å²) in [4.78, 5) is 17.6. The molecule has 0 unspecified atom stereocenters. The van der Waals surface area contributed by atoms with E-state index in [1.54, 1.807) is 11.3 Å². The molecule has 5 heteroatoms. The third-order valence-corrected chi connectivity index (χ3v) is 4.43. The van der Waals surface area contributed by atoms with Gasteiger partial charge in [0, 0.05) is 21.1 Å². The maximum atomic E-state index is 12.1. The summed E-state index contributed by atoms with van der Waals surface area (Å²) in [5.74, 6) is -0.0629. The van der Waals surface area contributed by atoms with Crippen LogP contribution in [-0.2, 0) is 13.0 Å². The van der Waals surface area contributed by atoms with E-state index in [0.29, 0.717) is 12.1 Å². The number of halogens is 1. The maximum Gasteiger partial charge on any atom is 0.251 e. The minimum Gasteiger partial charge on any atom is -0.346 e. The van der Waals surface area contributed by atoms with E-state index >= 15 is 0 Å². The molecule has 0 bridgehead atoms. The summed E-state index contributed by atoms with van der Waals surface area (Å²) in [5, 5.41) is 3.85. The topological polar surface area (TPSA) is 42.0 Å². The Balaban J connectivity index is 2.03. The quantitative estimate of drug-likeness (QED) is 0.923. The fraction of sp³-hybridized carbons (Fsp3) is 0.286. The second-order valence-corrected chi connectivity index (χ2v) is 6.33. The van der Waals surface area contributed by atoms with Crippen LogP contribution >= 0.6 is 27.3 Å². The Bertz CT molecular complexity index is 595. The van der Waals surface area contributed by atoms with E-state index in [1.807, 2.05) is 31.3 Å². The first kappa shape index (κ1) is 14.2. The number of carbonyl (C=O) groups excluding carboxylic acids is 1. The molecular weight excluding hydrogens is 324 g/mol. The Kier molecular flexibility index (Phi) is 4.71. The molecule has 0 aliphatic carbocycles. The fourth-order valence-electron chi connectivity index (χ4n) is 1.68. The second kappa shape index (κ2) is 6.30. The van der Waals surface area contributed by atoms with Crippen molar-refractivity contribution in [2.45, 2.75) is 26.8 Å². The van der Waals surface area contributed by atoms with E-state index in [1.165, 1.54) is 4.88 Å². The van der Waals surface area contributed by atoms with Gasteiger partial charge in [0.2, 0.25) is 0 Å². The van der Waals surface area contributed by atoms with E-state index in [-0.39, 0.29) is 5.91 Å². The van der Waals surface area contributed by atoms with Gasteiger partial charge in [-0.25, -0.2) is 4.98 Å². The Morgan fingerprint density at radius 1 is 1.47 bits per heavy atom. The Morgan fingerprint density at radius 3 is 2.95 bits per heavy atom. The van der Waals surface area contributed by atoms with E-state index in [4.69, 9.17) is 0 Å². The van der Waals surface area contributed by atoms with Gasteiger partial charge in [0.15, 0.2) is 0 Å². The van der Waals surface area contributed by atoms with Crippen LogP contribution in [0.15, 0.2) is 28.9 Å². The van der Waals surface area contributed by atoms with Gasteiger partial charge in [-0.05, 0) is 31.0 Å². The highest BCUT2D eigenvalue weighted by Crippen LogP contribution is 2.17. The minimum absolute atomic E-state index is 0.0629. The minimum atomic E-state index is -0.0629. The molecule has 2 aromatic rings. The van der Waals surface area contributed by atoms with Crippen LogP contribution in [0.5, 0.6) is 0 Å². The van der Waals surface area contributed by atoms with Crippen LogP contribution in [-0.4, -0.2) is 10.9 Å². The first-order valence-electron chi connectivity index (χ1n) is 6.08. The van der Waals surface area contributed by atoms with Gasteiger partial charge in [-0.15, -0.1) is 11.3 Å². The zero-order valence-electron chi connectivity index (χ0n) is 10.9. The lowest BCUT2D eigenvalue weighted by Crippen LogP contribution is -2.23. The summed E-state index contributed by atoms with van der Waals surface area (Å²) in [6, 6.07) is 5.70. The zero-order valence-corrected chi connectivity index (χ0v) is 13.3. The van der Waals surface area contributed by atoms with Crippen molar-refractivity contribution in [2.24, 2.45) is 0 Å². The third-order valence-electron chi connectivity index (χ3n) is 2.79. The number of hydrogen-bond donors (Lipinski definition) is 1. The molecule has 1 heterocycles. The van der Waals surface area contributed by atoms with E-state index < -0.39 is 0 Å². The molecule has 0 atom stereocenters. The SMILES string of the molecule is CCc1cnc(CNC(=O)c2cc(Br)ccc2C)s1. The van der Waals surface area contributed by atoms with Gasteiger partial charge in [0.05, 0.1) is 6.54 Å². The van der Waals surface area contributed by atoms with E-state index in [2.05, 4.69) is 33.2 Å². The van der Waals surface area contributed by atoms with Gasteiger partial charge in [0.1, 0.15) is 5.01 Å². The highest BCUT2D eigenvalue weighted by atomic mass is 79.9. The van der Waals surface area contributed by atoms with Crippen molar-refractivity contribution < 1.29 is 4.79 Å². The first-order chi connectivity index (χ1) is 9.10. The van der Waals surface area contributed by atoms with Crippen LogP contribution in [0.1, 0.15) is 32.7 Å². The van der Waals surface area contributed by atoms with Crippen LogP contribution < -0.4 is 5.32 Å². The van der Waals surface area contributed by atoms with Gasteiger partial charge in [-0.1, -0.05) is 28.9 Å². The molecule has 100 valence electrons. The predicted molar refractivity (Wildman–Crippen MR) is 81.5 cm³/mol. The molecule has 0 aliphatic rings. The molecule has 3 nitrogen and oxygen atoms in total. The molecule has 2 rings (SSSR count). The summed E-state index contributed by atoms with van der Waals surface area (Å²) in [7, 11) is 0. The number of rotatable bonds is 4. The lowest BCUT2D eigenvalue weighted by Gasteiger charge is -2.06. The lowest BCUT2D eigenvalue weighted by molar-refractivity contribution is 0.0950. The molecule has 1 aromatic carbocycles. The monoisotopic (exact) mass is 338 g/mol. The van der Waals surface area contributed by atoms with Crippen LogP contribution in [0.4, 0.5) is 0 Å². The maximum absolute atomic E-state index is 12.1. The van der Waals surface area contributed by atoms with Gasteiger partial charge in [0.25, 0.3) is 5.91 Å². The van der Waals surface area contributed by atoms with Gasteiger partial charge >= 0.3 is 0 Å². The fourth-order valence-corrected chi connectivity index (χ4v) is 2.85. The molecule has 1 aromatic heterocycles. The van der Waals surface area contributed by atoms with Gasteiger partial charge < -0.3 is 5.32 Å². The number of nitrogens with one attached hydrogen (secondary N) is 1. The first-order valence-corrected chi connectivity index (χ1v) is 7.69. The molecule has 0 spiro atoms. The summed E-state index contributed by atoms with van der Waals surface area (Å²) < 4.78 is 0.908. The van der Waals surface area contributed by atoms with Crippen molar-refractivity contribution in [3.63, 3.8) is 0 Å². The molecule has 0 radical (unpaired) electrons. The number of benzene rings is 1. The van der Waals surface area contributed by atoms with E-state index in [0.717, 1.165) is 21.5 Å². The number of aryl methyl sites for hydroxylation is 2. The molecule has 0 aliphatic heterocycles. The summed E-state index contributed by atoms with van der Waals surface area (Å²) in [6.07, 6.45) is 2.85. The zero-order chi connectivity index (χ0) is 13.8. The van der Waals surface area contributed by atoms with Crippen molar-refractivity contribution in [2.75, 3.05) is 0 Å². The standard InChI is InChI=1S/C14H15BrN2OS/c1-3-11-7-16-13(19-11)8-17-14(18)12-6-10(15)5-4-9(12)2/h4-7H,3,8H2,1-2H3,(H,17,18). The lowest BCUT2D eigenvalue weighted by atomic mass is 10.1. The third kappa shape index (κ3) is 3.64. The second-order valence-electron chi connectivity index (χ2n) is 4.22. The van der Waals surface area contributed by atoms with Crippen molar-refractivity contribution in [3.8, 4) is 0 Å². The Labute approximate surface area is 125 Å². The van der Waals surface area contributed by atoms with Crippen molar-refractivity contribution in [1.82, 2.24) is 10.3 Å². The van der Waals surface area contributed by atoms with Gasteiger partial charge in [-0.2, -0.15) is 0 Å². The van der Waals surface area contributed by atoms with Crippen LogP contribution in [0.3, 0.4) is 0 Å². The number of aromatic nitrogens is 1. The Hall–Kier alpha value is -1.20.